The Kier molecular flexibility index (Phi) is 3.57. The summed E-state index contributed by atoms with van der Waals surface area (Å²) >= 11 is 0. The predicted octanol–water partition coefficient (Wildman–Crippen LogP) is 1.64. The van der Waals surface area contributed by atoms with Gasteiger partial charge in [-0.2, -0.15) is 0 Å². The van der Waals surface area contributed by atoms with Crippen LogP contribution in [0.25, 0.3) is 11.4 Å². The van der Waals surface area contributed by atoms with E-state index in [4.69, 9.17) is 5.73 Å². The first-order valence-electron chi connectivity index (χ1n) is 5.96. The lowest BCUT2D eigenvalue weighted by Gasteiger charge is -2.07. The molecular formula is C12H15N5O2. The zero-order chi connectivity index (χ0) is 14.0. The van der Waals surface area contributed by atoms with Crippen LogP contribution in [-0.2, 0) is 13.1 Å². The van der Waals surface area contributed by atoms with Gasteiger partial charge in [-0.25, -0.2) is 0 Å². The normalized spacial score (nSPS) is 10.7. The summed E-state index contributed by atoms with van der Waals surface area (Å²) in [5.74, 6) is 1.27. The van der Waals surface area contributed by atoms with E-state index in [1.165, 1.54) is 6.07 Å². The van der Waals surface area contributed by atoms with Gasteiger partial charge in [0, 0.05) is 23.7 Å². The second-order valence-corrected chi connectivity index (χ2v) is 4.15. The van der Waals surface area contributed by atoms with Crippen molar-refractivity contribution in [3.05, 3.63) is 39.7 Å². The molecule has 1 aromatic carbocycles. The van der Waals surface area contributed by atoms with Crippen molar-refractivity contribution in [3.8, 4) is 11.4 Å². The van der Waals surface area contributed by atoms with Gasteiger partial charge in [0.1, 0.15) is 5.82 Å². The highest BCUT2D eigenvalue weighted by Crippen LogP contribution is 2.26. The molecule has 2 aromatic rings. The molecule has 0 atom stereocenters. The fraction of sp³-hybridized carbons (Fsp3) is 0.333. The first kappa shape index (κ1) is 13.2. The zero-order valence-electron chi connectivity index (χ0n) is 10.8. The Morgan fingerprint density at radius 3 is 2.74 bits per heavy atom. The molecule has 0 amide bonds. The molecule has 7 heteroatoms. The van der Waals surface area contributed by atoms with Crippen LogP contribution in [0.4, 0.5) is 5.69 Å². The average Bonchev–Trinajstić information content (AvgIpc) is 2.81. The third-order valence-corrected chi connectivity index (χ3v) is 2.99. The number of nitro benzene ring substituents is 1. The molecule has 0 unspecified atom stereocenters. The average molecular weight is 261 g/mol. The van der Waals surface area contributed by atoms with Gasteiger partial charge < -0.3 is 10.3 Å². The maximum atomic E-state index is 11.0. The van der Waals surface area contributed by atoms with Crippen molar-refractivity contribution in [3.63, 3.8) is 0 Å². The van der Waals surface area contributed by atoms with E-state index >= 15 is 0 Å². The van der Waals surface area contributed by atoms with Gasteiger partial charge in [-0.1, -0.05) is 12.1 Å². The third-order valence-electron chi connectivity index (χ3n) is 2.99. The van der Waals surface area contributed by atoms with Gasteiger partial charge >= 0.3 is 0 Å². The van der Waals surface area contributed by atoms with E-state index in [1.807, 2.05) is 11.5 Å². The van der Waals surface area contributed by atoms with Crippen LogP contribution in [0.5, 0.6) is 0 Å². The molecule has 2 N–H and O–H groups in total. The van der Waals surface area contributed by atoms with Crippen LogP contribution in [-0.4, -0.2) is 19.7 Å². The van der Waals surface area contributed by atoms with Crippen molar-refractivity contribution >= 4 is 5.69 Å². The number of rotatable bonds is 4. The van der Waals surface area contributed by atoms with Crippen molar-refractivity contribution in [2.24, 2.45) is 5.73 Å². The Labute approximate surface area is 110 Å². The monoisotopic (exact) mass is 261 g/mol. The maximum absolute atomic E-state index is 11.0. The molecule has 0 aliphatic carbocycles. The summed E-state index contributed by atoms with van der Waals surface area (Å²) in [7, 11) is 0. The van der Waals surface area contributed by atoms with E-state index in [-0.39, 0.29) is 12.2 Å². The van der Waals surface area contributed by atoms with Crippen LogP contribution in [0, 0.1) is 17.0 Å². The smallest absolute Gasteiger partial charge is 0.273 e. The lowest BCUT2D eigenvalue weighted by molar-refractivity contribution is -0.385. The van der Waals surface area contributed by atoms with Crippen molar-refractivity contribution in [2.75, 3.05) is 0 Å². The molecule has 100 valence electrons. The molecule has 0 saturated heterocycles. The summed E-state index contributed by atoms with van der Waals surface area (Å²) in [5.41, 5.74) is 6.96. The Morgan fingerprint density at radius 1 is 1.42 bits per heavy atom. The summed E-state index contributed by atoms with van der Waals surface area (Å²) in [6.45, 7) is 4.61. The number of hydrogen-bond acceptors (Lipinski definition) is 5. The molecule has 0 aliphatic heterocycles. The molecule has 0 spiro atoms. The van der Waals surface area contributed by atoms with E-state index < -0.39 is 4.92 Å². The third kappa shape index (κ3) is 2.32. The molecule has 1 heterocycles. The predicted molar refractivity (Wildman–Crippen MR) is 70.4 cm³/mol. The van der Waals surface area contributed by atoms with Crippen molar-refractivity contribution < 1.29 is 4.92 Å². The molecule has 0 saturated carbocycles. The van der Waals surface area contributed by atoms with Crippen LogP contribution in [0.3, 0.4) is 0 Å². The quantitative estimate of drug-likeness (QED) is 0.666. The number of nitrogens with two attached hydrogens (primary N) is 1. The molecule has 1 aromatic heterocycles. The van der Waals surface area contributed by atoms with Crippen LogP contribution >= 0.6 is 0 Å². The summed E-state index contributed by atoms with van der Waals surface area (Å²) in [5, 5.41) is 19.0. The van der Waals surface area contributed by atoms with E-state index in [0.29, 0.717) is 29.3 Å². The minimum Gasteiger partial charge on any atom is -0.324 e. The largest absolute Gasteiger partial charge is 0.324 e. The van der Waals surface area contributed by atoms with E-state index in [0.717, 1.165) is 0 Å². The summed E-state index contributed by atoms with van der Waals surface area (Å²) in [6, 6.07) is 5.04. The van der Waals surface area contributed by atoms with Crippen LogP contribution in [0.1, 0.15) is 18.3 Å². The highest BCUT2D eigenvalue weighted by Gasteiger charge is 2.16. The Bertz CT molecular complexity index is 621. The second-order valence-electron chi connectivity index (χ2n) is 4.15. The molecule has 0 bridgehead atoms. The first-order chi connectivity index (χ1) is 9.08. The Morgan fingerprint density at radius 2 is 2.16 bits per heavy atom. The lowest BCUT2D eigenvalue weighted by atomic mass is 10.1. The van der Waals surface area contributed by atoms with Gasteiger partial charge in [-0.15, -0.1) is 10.2 Å². The van der Waals surface area contributed by atoms with E-state index in [1.54, 1.807) is 19.1 Å². The number of aromatic nitrogens is 3. The number of hydrogen-bond donors (Lipinski definition) is 1. The standard InChI is InChI=1S/C12H15N5O2/c1-3-16-11(7-13)14-15-12(16)9-5-4-8(2)10(6-9)17(18)19/h4-6H,3,7,13H2,1-2H3. The maximum Gasteiger partial charge on any atom is 0.273 e. The van der Waals surface area contributed by atoms with Crippen molar-refractivity contribution in [1.82, 2.24) is 14.8 Å². The van der Waals surface area contributed by atoms with Crippen molar-refractivity contribution in [2.45, 2.75) is 26.9 Å². The molecule has 0 radical (unpaired) electrons. The van der Waals surface area contributed by atoms with Gasteiger partial charge in [-0.3, -0.25) is 10.1 Å². The molecule has 19 heavy (non-hydrogen) atoms. The van der Waals surface area contributed by atoms with Crippen LogP contribution in [0.2, 0.25) is 0 Å². The highest BCUT2D eigenvalue weighted by atomic mass is 16.6. The van der Waals surface area contributed by atoms with E-state index in [2.05, 4.69) is 10.2 Å². The topological polar surface area (TPSA) is 99.9 Å². The molecule has 7 nitrogen and oxygen atoms in total. The molecular weight excluding hydrogens is 246 g/mol. The number of nitrogens with zero attached hydrogens (tertiary/aromatic N) is 4. The summed E-state index contributed by atoms with van der Waals surface area (Å²) in [4.78, 5) is 10.6. The minimum atomic E-state index is -0.394. The summed E-state index contributed by atoms with van der Waals surface area (Å²) in [6.07, 6.45) is 0. The lowest BCUT2D eigenvalue weighted by Crippen LogP contribution is -2.08. The first-order valence-corrected chi connectivity index (χ1v) is 5.96. The molecule has 2 rings (SSSR count). The minimum absolute atomic E-state index is 0.0810. The Hall–Kier alpha value is -2.28. The number of nitro groups is 1. The van der Waals surface area contributed by atoms with Crippen LogP contribution in [0.15, 0.2) is 18.2 Å². The summed E-state index contributed by atoms with van der Waals surface area (Å²) < 4.78 is 1.86. The van der Waals surface area contributed by atoms with Crippen LogP contribution < -0.4 is 5.73 Å². The second kappa shape index (κ2) is 5.15. The fourth-order valence-corrected chi connectivity index (χ4v) is 1.98. The SMILES string of the molecule is CCn1c(CN)nnc1-c1ccc(C)c([N+](=O)[O-])c1. The zero-order valence-corrected chi connectivity index (χ0v) is 10.8. The van der Waals surface area contributed by atoms with Gasteiger partial charge in [0.25, 0.3) is 5.69 Å². The van der Waals surface area contributed by atoms with Gasteiger partial charge in [-0.05, 0) is 13.8 Å². The van der Waals surface area contributed by atoms with Crippen molar-refractivity contribution in [1.29, 1.82) is 0 Å². The van der Waals surface area contributed by atoms with E-state index in [9.17, 15) is 10.1 Å². The number of benzene rings is 1. The van der Waals surface area contributed by atoms with Gasteiger partial charge in [0.15, 0.2) is 5.82 Å². The van der Waals surface area contributed by atoms with Gasteiger partial charge in [0.2, 0.25) is 0 Å². The highest BCUT2D eigenvalue weighted by molar-refractivity contribution is 5.61. The van der Waals surface area contributed by atoms with Gasteiger partial charge in [0.05, 0.1) is 11.5 Å². The molecule has 0 aliphatic rings. The number of aryl methyl sites for hydroxylation is 1. The fourth-order valence-electron chi connectivity index (χ4n) is 1.98. The molecule has 0 fully saturated rings. The Balaban J connectivity index is 2.56.